The molecule has 1 saturated heterocycles. The summed E-state index contributed by atoms with van der Waals surface area (Å²) >= 11 is 0. The first-order chi connectivity index (χ1) is 16.5. The van der Waals surface area contributed by atoms with Gasteiger partial charge in [-0.1, -0.05) is 6.58 Å². The maximum Gasteiger partial charge on any atom is 0.226 e. The van der Waals surface area contributed by atoms with Crippen LogP contribution in [0.1, 0.15) is 68.3 Å². The number of rotatable bonds is 6. The van der Waals surface area contributed by atoms with Crippen LogP contribution in [0.3, 0.4) is 0 Å². The summed E-state index contributed by atoms with van der Waals surface area (Å²) in [4.78, 5) is 27.0. The molecule has 34 heavy (non-hydrogen) atoms. The van der Waals surface area contributed by atoms with Gasteiger partial charge in [-0.15, -0.1) is 0 Å². The normalized spacial score (nSPS) is 22.4. The van der Waals surface area contributed by atoms with Gasteiger partial charge in [0.2, 0.25) is 5.91 Å². The maximum absolute atomic E-state index is 12.9. The van der Waals surface area contributed by atoms with E-state index in [1.165, 1.54) is 12.8 Å². The number of amides is 1. The Hall–Kier alpha value is -3.20. The zero-order valence-corrected chi connectivity index (χ0v) is 19.8. The largest absolute Gasteiger partial charge is 0.352 e. The van der Waals surface area contributed by atoms with E-state index >= 15 is 0 Å². The van der Waals surface area contributed by atoms with Gasteiger partial charge in [0.25, 0.3) is 0 Å². The topological polar surface area (TPSA) is 73.1 Å². The van der Waals surface area contributed by atoms with Gasteiger partial charge in [0.05, 0.1) is 23.0 Å². The van der Waals surface area contributed by atoms with Gasteiger partial charge >= 0.3 is 0 Å². The highest BCUT2D eigenvalue weighted by Gasteiger charge is 2.45. The third-order valence-corrected chi connectivity index (χ3v) is 7.72. The first kappa shape index (κ1) is 21.3. The fourth-order valence-electron chi connectivity index (χ4n) is 5.30. The molecule has 1 atom stereocenters. The van der Waals surface area contributed by atoms with Crippen LogP contribution < -0.4 is 4.90 Å². The van der Waals surface area contributed by atoms with E-state index < -0.39 is 0 Å². The fourth-order valence-corrected chi connectivity index (χ4v) is 5.30. The van der Waals surface area contributed by atoms with Crippen LogP contribution in [0.15, 0.2) is 31.0 Å². The highest BCUT2D eigenvalue weighted by Crippen LogP contribution is 2.46. The third-order valence-electron chi connectivity index (χ3n) is 7.72. The van der Waals surface area contributed by atoms with Crippen LogP contribution in [0.25, 0.3) is 16.7 Å². The van der Waals surface area contributed by atoms with E-state index in [1.54, 1.807) is 0 Å². The Morgan fingerprint density at radius 2 is 1.94 bits per heavy atom. The zero-order valence-electron chi connectivity index (χ0n) is 19.8. The second-order valence-electron chi connectivity index (χ2n) is 10.5. The minimum Gasteiger partial charge on any atom is -0.352 e. The Bertz CT molecular complexity index is 1200. The van der Waals surface area contributed by atoms with E-state index in [0.29, 0.717) is 23.3 Å². The van der Waals surface area contributed by atoms with Crippen LogP contribution in [-0.4, -0.2) is 46.5 Å². The van der Waals surface area contributed by atoms with E-state index in [4.69, 9.17) is 4.98 Å². The van der Waals surface area contributed by atoms with Crippen LogP contribution >= 0.6 is 0 Å². The van der Waals surface area contributed by atoms with E-state index in [1.807, 2.05) is 25.3 Å². The Kier molecular flexibility index (Phi) is 5.17. The fraction of sp³-hybridized carbons (Fsp3) is 0.500. The second kappa shape index (κ2) is 8.23. The molecular formula is C28H31N5O. The van der Waals surface area contributed by atoms with Gasteiger partial charge in [0.1, 0.15) is 11.9 Å². The summed E-state index contributed by atoms with van der Waals surface area (Å²) in [5, 5.41) is 10.1. The number of nitriles is 1. The number of pyridine rings is 2. The number of aromatic nitrogens is 2. The summed E-state index contributed by atoms with van der Waals surface area (Å²) in [7, 11) is 0. The molecule has 174 valence electrons. The van der Waals surface area contributed by atoms with Crippen molar-refractivity contribution in [1.82, 2.24) is 14.9 Å². The third kappa shape index (κ3) is 3.98. The van der Waals surface area contributed by atoms with Gasteiger partial charge in [-0.3, -0.25) is 9.78 Å². The van der Waals surface area contributed by atoms with Gasteiger partial charge in [-0.05, 0) is 80.7 Å². The van der Waals surface area contributed by atoms with Gasteiger partial charge in [-0.25, -0.2) is 4.98 Å². The van der Waals surface area contributed by atoms with Crippen molar-refractivity contribution in [3.63, 3.8) is 0 Å². The first-order valence-electron chi connectivity index (χ1n) is 12.7. The molecule has 4 fully saturated rings. The monoisotopic (exact) mass is 453 g/mol. The van der Waals surface area contributed by atoms with Crippen molar-refractivity contribution in [3.05, 3.63) is 47.9 Å². The van der Waals surface area contributed by atoms with Crippen LogP contribution in [0.5, 0.6) is 0 Å². The molecule has 2 aromatic rings. The molecule has 6 nitrogen and oxygen atoms in total. The Balaban J connectivity index is 1.35. The van der Waals surface area contributed by atoms with Crippen LogP contribution in [-0.2, 0) is 4.79 Å². The zero-order chi connectivity index (χ0) is 23.4. The van der Waals surface area contributed by atoms with Crippen molar-refractivity contribution in [2.24, 2.45) is 11.8 Å². The summed E-state index contributed by atoms with van der Waals surface area (Å²) in [6.07, 6.45) is 8.58. The number of carbonyl (C=O) groups excluding carboxylic acids is 1. The molecule has 1 aliphatic heterocycles. The van der Waals surface area contributed by atoms with Crippen LogP contribution in [0.4, 0.5) is 5.82 Å². The number of anilines is 1. The van der Waals surface area contributed by atoms with Gasteiger partial charge in [0.15, 0.2) is 0 Å². The van der Waals surface area contributed by atoms with Crippen LogP contribution in [0, 0.1) is 23.2 Å². The Morgan fingerprint density at radius 1 is 1.15 bits per heavy atom. The summed E-state index contributed by atoms with van der Waals surface area (Å²) in [5.41, 5.74) is 5.57. The van der Waals surface area contributed by atoms with Crippen molar-refractivity contribution in [2.75, 3.05) is 24.5 Å². The highest BCUT2D eigenvalue weighted by molar-refractivity contribution is 5.82. The van der Waals surface area contributed by atoms with E-state index in [9.17, 15) is 10.1 Å². The van der Waals surface area contributed by atoms with E-state index in [-0.39, 0.29) is 12.0 Å². The molecule has 6 rings (SSSR count). The Morgan fingerprint density at radius 3 is 2.59 bits per heavy atom. The molecule has 0 N–H and O–H groups in total. The number of hydrogen-bond acceptors (Lipinski definition) is 5. The Labute approximate surface area is 201 Å². The van der Waals surface area contributed by atoms with Gasteiger partial charge in [-0.2, -0.15) is 5.26 Å². The first-order valence-corrected chi connectivity index (χ1v) is 12.7. The lowest BCUT2D eigenvalue weighted by Crippen LogP contribution is -2.57. The molecule has 1 unspecified atom stereocenters. The van der Waals surface area contributed by atoms with Crippen molar-refractivity contribution >= 4 is 17.3 Å². The molecule has 0 bridgehead atoms. The van der Waals surface area contributed by atoms with Crippen molar-refractivity contribution in [1.29, 1.82) is 5.26 Å². The van der Waals surface area contributed by atoms with Gasteiger partial charge < -0.3 is 9.80 Å². The van der Waals surface area contributed by atoms with Crippen molar-refractivity contribution in [2.45, 2.75) is 57.4 Å². The molecule has 3 saturated carbocycles. The summed E-state index contributed by atoms with van der Waals surface area (Å²) < 4.78 is 0. The van der Waals surface area contributed by atoms with Crippen molar-refractivity contribution in [3.8, 4) is 17.2 Å². The predicted octanol–water partition coefficient (Wildman–Crippen LogP) is 4.76. The predicted molar refractivity (Wildman–Crippen MR) is 132 cm³/mol. The minimum absolute atomic E-state index is 0.248. The molecule has 4 aliphatic rings. The number of allylic oxidation sites excluding steroid dienone is 1. The molecule has 0 aromatic carbocycles. The molecule has 3 aliphatic carbocycles. The van der Waals surface area contributed by atoms with Crippen molar-refractivity contribution < 1.29 is 4.79 Å². The standard InChI is InChI=1S/C28H31N5O/c1-17(2)24-14-21(9-10-30-24)23-13-22(15-29)27(31-26(23)19-5-6-19)32-11-12-33(28(34)20-7-8-20)25(16-32)18-3-4-18/h9-10,13-14,18-20,25H,1,3-8,11-12,16H2,2H3. The molecule has 0 spiro atoms. The molecule has 3 heterocycles. The lowest BCUT2D eigenvalue weighted by Gasteiger charge is -2.43. The molecular weight excluding hydrogens is 422 g/mol. The quantitative estimate of drug-likeness (QED) is 0.630. The lowest BCUT2D eigenvalue weighted by atomic mass is 9.98. The summed E-state index contributed by atoms with van der Waals surface area (Å²) in [6.45, 7) is 8.24. The molecule has 0 radical (unpaired) electrons. The van der Waals surface area contributed by atoms with Crippen LogP contribution in [0.2, 0.25) is 0 Å². The number of carbonyl (C=O) groups is 1. The summed E-state index contributed by atoms with van der Waals surface area (Å²) in [6, 6.07) is 8.76. The van der Waals surface area contributed by atoms with Gasteiger partial charge in [0, 0.05) is 43.2 Å². The maximum atomic E-state index is 12.9. The number of piperazine rings is 1. The van der Waals surface area contributed by atoms with E-state index in [0.717, 1.165) is 79.2 Å². The number of nitrogens with zero attached hydrogens (tertiary/aromatic N) is 5. The molecule has 2 aromatic heterocycles. The molecule has 1 amide bonds. The van der Waals surface area contributed by atoms with E-state index in [2.05, 4.69) is 33.5 Å². The average molecular weight is 454 g/mol. The highest BCUT2D eigenvalue weighted by atomic mass is 16.2. The smallest absolute Gasteiger partial charge is 0.226 e. The lowest BCUT2D eigenvalue weighted by molar-refractivity contribution is -0.135. The second-order valence-corrected chi connectivity index (χ2v) is 10.5. The summed E-state index contributed by atoms with van der Waals surface area (Å²) in [5.74, 6) is 2.44. The molecule has 6 heteroatoms. The minimum atomic E-state index is 0.248. The number of hydrogen-bond donors (Lipinski definition) is 0. The average Bonchev–Trinajstić information content (AvgIpc) is 3.73. The SMILES string of the molecule is C=C(C)c1cc(-c2cc(C#N)c(N3CCN(C(=O)C4CC4)C(C4CC4)C3)nc2C2CC2)ccn1.